The highest BCUT2D eigenvalue weighted by atomic mass is 32.1. The van der Waals surface area contributed by atoms with Crippen molar-refractivity contribution >= 4 is 12.6 Å². The molecule has 0 N–H and O–H groups in total. The number of thiol groups is 1. The second kappa shape index (κ2) is 9.38. The van der Waals surface area contributed by atoms with Crippen LogP contribution in [-0.2, 0) is 0 Å². The van der Waals surface area contributed by atoms with Gasteiger partial charge >= 0.3 is 0 Å². The minimum Gasteiger partial charge on any atom is -0.301 e. The molecule has 0 aromatic heterocycles. The highest BCUT2D eigenvalue weighted by molar-refractivity contribution is 7.80. The van der Waals surface area contributed by atoms with E-state index in [4.69, 9.17) is 10.5 Å². The summed E-state index contributed by atoms with van der Waals surface area (Å²) in [4.78, 5) is 2.14. The Morgan fingerprint density at radius 1 is 1.00 bits per heavy atom. The normalized spacial score (nSPS) is 9.54. The molecular weight excluding hydrogens is 182 g/mol. The first-order valence-corrected chi connectivity index (χ1v) is 5.05. The van der Waals surface area contributed by atoms with Crippen LogP contribution in [0.25, 0.3) is 0 Å². The van der Waals surface area contributed by atoms with Crippen LogP contribution in [0.1, 0.15) is 19.3 Å². The van der Waals surface area contributed by atoms with Crippen LogP contribution in [0.5, 0.6) is 0 Å². The number of hydrogen-bond acceptors (Lipinski definition) is 4. The molecule has 13 heavy (non-hydrogen) atoms. The third-order valence-corrected chi connectivity index (χ3v) is 2.03. The maximum absolute atomic E-state index is 8.41. The van der Waals surface area contributed by atoms with E-state index in [1.54, 1.807) is 0 Å². The Balaban J connectivity index is 3.62. The number of hydrogen-bond donors (Lipinski definition) is 1. The molecule has 0 rings (SSSR count). The first-order chi connectivity index (χ1) is 6.35. The Morgan fingerprint density at radius 3 is 1.92 bits per heavy atom. The number of nitriles is 2. The lowest BCUT2D eigenvalue weighted by molar-refractivity contribution is 0.288. The van der Waals surface area contributed by atoms with Crippen molar-refractivity contribution in [1.29, 1.82) is 10.5 Å². The standard InChI is InChI=1S/C9H15N3S/c10-4-1-6-12(7-2-5-11)8-3-9-13/h13H,1-3,6-9H2. The van der Waals surface area contributed by atoms with Crippen LogP contribution in [0.15, 0.2) is 0 Å². The Morgan fingerprint density at radius 2 is 1.54 bits per heavy atom. The minimum atomic E-state index is 0.540. The van der Waals surface area contributed by atoms with Gasteiger partial charge in [0.1, 0.15) is 0 Å². The van der Waals surface area contributed by atoms with E-state index in [0.717, 1.165) is 31.8 Å². The Labute approximate surface area is 85.4 Å². The van der Waals surface area contributed by atoms with E-state index in [0.29, 0.717) is 12.8 Å². The molecule has 0 bridgehead atoms. The quantitative estimate of drug-likeness (QED) is 0.628. The topological polar surface area (TPSA) is 50.8 Å². The zero-order valence-corrected chi connectivity index (χ0v) is 8.63. The second-order valence-electron chi connectivity index (χ2n) is 2.74. The number of rotatable bonds is 7. The molecule has 4 heteroatoms. The molecule has 0 spiro atoms. The van der Waals surface area contributed by atoms with Crippen LogP contribution in [-0.4, -0.2) is 30.3 Å². The van der Waals surface area contributed by atoms with Crippen LogP contribution in [0.3, 0.4) is 0 Å². The van der Waals surface area contributed by atoms with E-state index in [9.17, 15) is 0 Å². The van der Waals surface area contributed by atoms with Gasteiger partial charge in [-0.1, -0.05) is 0 Å². The molecule has 0 amide bonds. The highest BCUT2D eigenvalue weighted by Gasteiger charge is 2.02. The Kier molecular flexibility index (Phi) is 8.87. The van der Waals surface area contributed by atoms with E-state index in [1.807, 2.05) is 0 Å². The van der Waals surface area contributed by atoms with Crippen molar-refractivity contribution in [3.63, 3.8) is 0 Å². The predicted octanol–water partition coefficient (Wildman–Crippen LogP) is 1.44. The van der Waals surface area contributed by atoms with Crippen LogP contribution < -0.4 is 0 Å². The van der Waals surface area contributed by atoms with Gasteiger partial charge in [-0.05, 0) is 18.7 Å². The Hall–Kier alpha value is -0.710. The van der Waals surface area contributed by atoms with Crippen molar-refractivity contribution in [2.45, 2.75) is 19.3 Å². The first-order valence-electron chi connectivity index (χ1n) is 4.42. The molecule has 0 aromatic rings. The summed E-state index contributed by atoms with van der Waals surface area (Å²) in [5.74, 6) is 0.857. The van der Waals surface area contributed by atoms with Crippen molar-refractivity contribution in [1.82, 2.24) is 4.90 Å². The van der Waals surface area contributed by atoms with Crippen molar-refractivity contribution in [3.8, 4) is 12.1 Å². The van der Waals surface area contributed by atoms with Gasteiger partial charge in [-0.2, -0.15) is 23.2 Å². The van der Waals surface area contributed by atoms with Crippen molar-refractivity contribution in [2.24, 2.45) is 0 Å². The third kappa shape index (κ3) is 7.64. The SMILES string of the molecule is N#CCCN(CCC#N)CCCS. The average Bonchev–Trinajstić information content (AvgIpc) is 2.17. The fourth-order valence-electron chi connectivity index (χ4n) is 1.05. The van der Waals surface area contributed by atoms with Gasteiger partial charge in [-0.15, -0.1) is 0 Å². The molecule has 0 atom stereocenters. The lowest BCUT2D eigenvalue weighted by Gasteiger charge is -2.18. The van der Waals surface area contributed by atoms with Gasteiger partial charge in [0.2, 0.25) is 0 Å². The van der Waals surface area contributed by atoms with Crippen LogP contribution in [0.2, 0.25) is 0 Å². The monoisotopic (exact) mass is 197 g/mol. The van der Waals surface area contributed by atoms with E-state index < -0.39 is 0 Å². The molecule has 0 unspecified atom stereocenters. The molecule has 72 valence electrons. The lowest BCUT2D eigenvalue weighted by atomic mass is 10.3. The second-order valence-corrected chi connectivity index (χ2v) is 3.18. The summed E-state index contributed by atoms with van der Waals surface area (Å²) in [7, 11) is 0. The predicted molar refractivity (Wildman–Crippen MR) is 55.4 cm³/mol. The van der Waals surface area contributed by atoms with E-state index in [-0.39, 0.29) is 0 Å². The lowest BCUT2D eigenvalue weighted by Crippen LogP contribution is -2.27. The maximum Gasteiger partial charge on any atom is 0.0635 e. The molecule has 0 aliphatic heterocycles. The molecule has 0 radical (unpaired) electrons. The van der Waals surface area contributed by atoms with Gasteiger partial charge in [-0.3, -0.25) is 0 Å². The van der Waals surface area contributed by atoms with Crippen molar-refractivity contribution in [2.75, 3.05) is 25.4 Å². The smallest absolute Gasteiger partial charge is 0.0635 e. The third-order valence-electron chi connectivity index (χ3n) is 1.71. The fourth-order valence-corrected chi connectivity index (χ4v) is 1.19. The molecule has 0 saturated carbocycles. The summed E-state index contributed by atoms with van der Waals surface area (Å²) in [5.41, 5.74) is 0. The summed E-state index contributed by atoms with van der Waals surface area (Å²) >= 11 is 4.12. The summed E-state index contributed by atoms with van der Waals surface area (Å²) in [6.45, 7) is 2.48. The summed E-state index contributed by atoms with van der Waals surface area (Å²) in [5, 5.41) is 16.8. The Bertz CT molecular complexity index is 174. The van der Waals surface area contributed by atoms with Crippen molar-refractivity contribution < 1.29 is 0 Å². The average molecular weight is 197 g/mol. The largest absolute Gasteiger partial charge is 0.301 e. The summed E-state index contributed by atoms with van der Waals surface area (Å²) < 4.78 is 0. The molecule has 0 saturated heterocycles. The van der Waals surface area contributed by atoms with Gasteiger partial charge in [0, 0.05) is 25.9 Å². The van der Waals surface area contributed by atoms with E-state index >= 15 is 0 Å². The molecule has 0 fully saturated rings. The first kappa shape index (κ1) is 12.3. The zero-order valence-electron chi connectivity index (χ0n) is 7.74. The van der Waals surface area contributed by atoms with Gasteiger partial charge < -0.3 is 4.90 Å². The molecular formula is C9H15N3S. The van der Waals surface area contributed by atoms with Gasteiger partial charge in [0.25, 0.3) is 0 Å². The van der Waals surface area contributed by atoms with Crippen LogP contribution in [0, 0.1) is 22.7 Å². The zero-order chi connectivity index (χ0) is 9.94. The highest BCUT2D eigenvalue weighted by Crippen LogP contribution is 1.96. The molecule has 0 aliphatic rings. The van der Waals surface area contributed by atoms with E-state index in [2.05, 4.69) is 29.7 Å². The van der Waals surface area contributed by atoms with Crippen LogP contribution in [0.4, 0.5) is 0 Å². The summed E-state index contributed by atoms with van der Waals surface area (Å²) in [6.07, 6.45) is 2.09. The van der Waals surface area contributed by atoms with Gasteiger partial charge in [0.15, 0.2) is 0 Å². The molecule has 0 aromatic carbocycles. The molecule has 0 heterocycles. The van der Waals surface area contributed by atoms with Gasteiger partial charge in [0.05, 0.1) is 12.1 Å². The molecule has 3 nitrogen and oxygen atoms in total. The minimum absolute atomic E-state index is 0.540. The number of nitrogens with zero attached hydrogens (tertiary/aromatic N) is 3. The maximum atomic E-state index is 8.41. The van der Waals surface area contributed by atoms with Gasteiger partial charge in [-0.25, -0.2) is 0 Å². The van der Waals surface area contributed by atoms with E-state index in [1.165, 1.54) is 0 Å². The van der Waals surface area contributed by atoms with Crippen molar-refractivity contribution in [3.05, 3.63) is 0 Å². The summed E-state index contributed by atoms with van der Waals surface area (Å²) in [6, 6.07) is 4.21. The fraction of sp³-hybridized carbons (Fsp3) is 0.778. The molecule has 0 aliphatic carbocycles. The van der Waals surface area contributed by atoms with Crippen LogP contribution >= 0.6 is 12.6 Å².